The Morgan fingerprint density at radius 3 is 2.56 bits per heavy atom. The molecule has 0 aliphatic carbocycles. The summed E-state index contributed by atoms with van der Waals surface area (Å²) < 4.78 is 47.3. The topological polar surface area (TPSA) is 18.5 Å². The van der Waals surface area contributed by atoms with Gasteiger partial charge in [0.25, 0.3) is 0 Å². The smallest absolute Gasteiger partial charge is 0.416 e. The van der Waals surface area contributed by atoms with Gasteiger partial charge in [-0.3, -0.25) is 0 Å². The van der Waals surface area contributed by atoms with Gasteiger partial charge < -0.3 is 9.47 Å². The molecular formula is C11H13F3O2. The molecule has 0 spiro atoms. The monoisotopic (exact) mass is 234 g/mol. The molecule has 1 aromatic rings. The normalized spacial score (nSPS) is 13.6. The number of alkyl halides is 3. The Kier molecular flexibility index (Phi) is 4.18. The van der Waals surface area contributed by atoms with Gasteiger partial charge in [0.15, 0.2) is 6.29 Å². The molecule has 0 aliphatic heterocycles. The third kappa shape index (κ3) is 3.73. The molecular weight excluding hydrogens is 221 g/mol. The van der Waals surface area contributed by atoms with E-state index in [-0.39, 0.29) is 5.75 Å². The molecule has 1 aromatic carbocycles. The first kappa shape index (κ1) is 12.8. The maximum absolute atomic E-state index is 12.4. The lowest BCUT2D eigenvalue weighted by Crippen LogP contribution is -2.16. The molecule has 0 bridgehead atoms. The van der Waals surface area contributed by atoms with Gasteiger partial charge in [-0.2, -0.15) is 13.2 Å². The van der Waals surface area contributed by atoms with E-state index in [0.29, 0.717) is 6.61 Å². The zero-order valence-electron chi connectivity index (χ0n) is 9.04. The van der Waals surface area contributed by atoms with Gasteiger partial charge in [-0.15, -0.1) is 0 Å². The van der Waals surface area contributed by atoms with Gasteiger partial charge in [0.2, 0.25) is 0 Å². The molecule has 0 saturated carbocycles. The fraction of sp³-hybridized carbons (Fsp3) is 0.455. The SMILES string of the molecule is CCOC(C)Oc1cccc(C(F)(F)F)c1. The Hall–Kier alpha value is -1.23. The highest BCUT2D eigenvalue weighted by Crippen LogP contribution is 2.31. The van der Waals surface area contributed by atoms with Crippen molar-refractivity contribution in [2.45, 2.75) is 26.3 Å². The van der Waals surface area contributed by atoms with Crippen LogP contribution in [0, 0.1) is 0 Å². The fourth-order valence-electron chi connectivity index (χ4n) is 1.21. The molecule has 0 aromatic heterocycles. The second-order valence-electron chi connectivity index (χ2n) is 3.17. The number of ether oxygens (including phenoxy) is 2. The third-order valence-electron chi connectivity index (χ3n) is 1.86. The second kappa shape index (κ2) is 5.21. The van der Waals surface area contributed by atoms with E-state index in [2.05, 4.69) is 0 Å². The van der Waals surface area contributed by atoms with Gasteiger partial charge in [0.1, 0.15) is 5.75 Å². The number of halogens is 3. The third-order valence-corrected chi connectivity index (χ3v) is 1.86. The van der Waals surface area contributed by atoms with Crippen LogP contribution in [-0.2, 0) is 10.9 Å². The van der Waals surface area contributed by atoms with Gasteiger partial charge in [0.05, 0.1) is 5.56 Å². The predicted molar refractivity (Wildman–Crippen MR) is 53.2 cm³/mol. The van der Waals surface area contributed by atoms with Crippen LogP contribution in [0.3, 0.4) is 0 Å². The van der Waals surface area contributed by atoms with Gasteiger partial charge in [-0.25, -0.2) is 0 Å². The Morgan fingerprint density at radius 1 is 1.31 bits per heavy atom. The van der Waals surface area contributed by atoms with E-state index >= 15 is 0 Å². The minimum absolute atomic E-state index is 0.149. The maximum atomic E-state index is 12.4. The summed E-state index contributed by atoms with van der Waals surface area (Å²) in [4.78, 5) is 0. The van der Waals surface area contributed by atoms with Crippen LogP contribution in [0.4, 0.5) is 13.2 Å². The molecule has 0 saturated heterocycles. The van der Waals surface area contributed by atoms with E-state index < -0.39 is 18.0 Å². The molecule has 90 valence electrons. The summed E-state index contributed by atoms with van der Waals surface area (Å²) >= 11 is 0. The number of rotatable bonds is 4. The molecule has 1 rings (SSSR count). The molecule has 0 radical (unpaired) electrons. The Labute approximate surface area is 92.0 Å². The summed E-state index contributed by atoms with van der Waals surface area (Å²) in [5.74, 6) is 0.149. The summed E-state index contributed by atoms with van der Waals surface area (Å²) in [5.41, 5.74) is -0.728. The van der Waals surface area contributed by atoms with Crippen molar-refractivity contribution in [1.82, 2.24) is 0 Å². The molecule has 0 fully saturated rings. The highest BCUT2D eigenvalue weighted by molar-refractivity contribution is 5.30. The van der Waals surface area contributed by atoms with Crippen LogP contribution in [0.1, 0.15) is 19.4 Å². The molecule has 2 nitrogen and oxygen atoms in total. The van der Waals surface area contributed by atoms with Crippen molar-refractivity contribution in [3.63, 3.8) is 0 Å². The molecule has 0 amide bonds. The van der Waals surface area contributed by atoms with Crippen molar-refractivity contribution in [2.24, 2.45) is 0 Å². The molecule has 0 aliphatic rings. The average molecular weight is 234 g/mol. The summed E-state index contributed by atoms with van der Waals surface area (Å²) in [6.45, 7) is 3.86. The van der Waals surface area contributed by atoms with Crippen LogP contribution in [0.15, 0.2) is 24.3 Å². The molecule has 0 N–H and O–H groups in total. The number of hydrogen-bond acceptors (Lipinski definition) is 2. The summed E-state index contributed by atoms with van der Waals surface area (Å²) in [6.07, 6.45) is -4.91. The van der Waals surface area contributed by atoms with Crippen molar-refractivity contribution < 1.29 is 22.6 Å². The van der Waals surface area contributed by atoms with Crippen LogP contribution < -0.4 is 4.74 Å². The van der Waals surface area contributed by atoms with E-state index in [4.69, 9.17) is 9.47 Å². The van der Waals surface area contributed by atoms with Gasteiger partial charge >= 0.3 is 6.18 Å². The molecule has 1 atom stereocenters. The van der Waals surface area contributed by atoms with Crippen LogP contribution in [0.25, 0.3) is 0 Å². The second-order valence-corrected chi connectivity index (χ2v) is 3.17. The fourth-order valence-corrected chi connectivity index (χ4v) is 1.21. The lowest BCUT2D eigenvalue weighted by Gasteiger charge is -2.15. The van der Waals surface area contributed by atoms with Crippen molar-refractivity contribution in [3.05, 3.63) is 29.8 Å². The van der Waals surface area contributed by atoms with Crippen LogP contribution >= 0.6 is 0 Å². The zero-order valence-corrected chi connectivity index (χ0v) is 9.04. The van der Waals surface area contributed by atoms with Crippen molar-refractivity contribution in [3.8, 4) is 5.75 Å². The predicted octanol–water partition coefficient (Wildman–Crippen LogP) is 3.47. The van der Waals surface area contributed by atoms with E-state index in [1.807, 2.05) is 0 Å². The quantitative estimate of drug-likeness (QED) is 0.743. The van der Waals surface area contributed by atoms with Crippen LogP contribution in [-0.4, -0.2) is 12.9 Å². The first-order valence-electron chi connectivity index (χ1n) is 4.89. The number of benzene rings is 1. The van der Waals surface area contributed by atoms with Gasteiger partial charge in [0, 0.05) is 6.61 Å². The minimum atomic E-state index is -4.35. The lowest BCUT2D eigenvalue weighted by atomic mass is 10.2. The Bertz CT molecular complexity index is 336. The van der Waals surface area contributed by atoms with E-state index in [0.717, 1.165) is 12.1 Å². The Morgan fingerprint density at radius 2 is 2.00 bits per heavy atom. The molecule has 1 unspecified atom stereocenters. The summed E-state index contributed by atoms with van der Waals surface area (Å²) in [5, 5.41) is 0. The summed E-state index contributed by atoms with van der Waals surface area (Å²) in [7, 11) is 0. The van der Waals surface area contributed by atoms with Crippen LogP contribution in [0.5, 0.6) is 5.75 Å². The van der Waals surface area contributed by atoms with E-state index in [9.17, 15) is 13.2 Å². The van der Waals surface area contributed by atoms with Crippen LogP contribution in [0.2, 0.25) is 0 Å². The summed E-state index contributed by atoms with van der Waals surface area (Å²) in [6, 6.07) is 4.72. The van der Waals surface area contributed by atoms with E-state index in [1.165, 1.54) is 12.1 Å². The maximum Gasteiger partial charge on any atom is 0.416 e. The minimum Gasteiger partial charge on any atom is -0.465 e. The van der Waals surface area contributed by atoms with Crippen molar-refractivity contribution >= 4 is 0 Å². The highest BCUT2D eigenvalue weighted by Gasteiger charge is 2.30. The van der Waals surface area contributed by atoms with Gasteiger partial charge in [-0.1, -0.05) is 6.07 Å². The largest absolute Gasteiger partial charge is 0.465 e. The van der Waals surface area contributed by atoms with Gasteiger partial charge in [-0.05, 0) is 32.0 Å². The molecule has 0 heterocycles. The lowest BCUT2D eigenvalue weighted by molar-refractivity contribution is -0.138. The molecule has 5 heteroatoms. The Balaban J connectivity index is 2.75. The number of hydrogen-bond donors (Lipinski definition) is 0. The highest BCUT2D eigenvalue weighted by atomic mass is 19.4. The zero-order chi connectivity index (χ0) is 12.2. The van der Waals surface area contributed by atoms with Crippen molar-refractivity contribution in [2.75, 3.05) is 6.61 Å². The average Bonchev–Trinajstić information content (AvgIpc) is 2.17. The van der Waals surface area contributed by atoms with Crippen molar-refractivity contribution in [1.29, 1.82) is 0 Å². The first-order valence-corrected chi connectivity index (χ1v) is 4.89. The van der Waals surface area contributed by atoms with E-state index in [1.54, 1.807) is 13.8 Å². The standard InChI is InChI=1S/C11H13F3O2/c1-3-15-8(2)16-10-6-4-5-9(7-10)11(12,13)14/h4-8H,3H2,1-2H3. The molecule has 16 heavy (non-hydrogen) atoms. The first-order chi connectivity index (χ1) is 7.43.